The van der Waals surface area contributed by atoms with Crippen LogP contribution in [0.1, 0.15) is 72.6 Å². The zero-order valence-electron chi connectivity index (χ0n) is 18.7. The fourth-order valence-corrected chi connectivity index (χ4v) is 3.46. The Balaban J connectivity index is 1.46. The Morgan fingerprint density at radius 3 is 2.50 bits per heavy atom. The zero-order chi connectivity index (χ0) is 22.6. The van der Waals surface area contributed by atoms with Crippen LogP contribution < -0.4 is 9.47 Å². The molecule has 0 N–H and O–H groups in total. The number of carbonyl (C=O) groups is 2. The molecule has 1 unspecified atom stereocenters. The molecule has 0 aromatic heterocycles. The van der Waals surface area contributed by atoms with Gasteiger partial charge in [-0.3, -0.25) is 0 Å². The van der Waals surface area contributed by atoms with Crippen LogP contribution in [-0.4, -0.2) is 37.9 Å². The van der Waals surface area contributed by atoms with Gasteiger partial charge < -0.3 is 18.9 Å². The maximum atomic E-state index is 12.5. The maximum Gasteiger partial charge on any atom is 0.343 e. The number of hydrogen-bond donors (Lipinski definition) is 0. The highest BCUT2D eigenvalue weighted by molar-refractivity contribution is 5.92. The highest BCUT2D eigenvalue weighted by atomic mass is 16.6. The van der Waals surface area contributed by atoms with E-state index in [0.717, 1.165) is 25.0 Å². The SMILES string of the molecule is CCCCCCCOc1ccc(C(=O)Oc2cccc(C(=O)OCC3CCCO3)c2)cc1. The molecule has 0 aliphatic carbocycles. The normalized spacial score (nSPS) is 15.3. The average Bonchev–Trinajstić information content (AvgIpc) is 3.34. The molecule has 172 valence electrons. The van der Waals surface area contributed by atoms with Gasteiger partial charge in [0.05, 0.1) is 23.8 Å². The molecule has 0 saturated carbocycles. The zero-order valence-corrected chi connectivity index (χ0v) is 18.7. The van der Waals surface area contributed by atoms with Crippen LogP contribution in [0.3, 0.4) is 0 Å². The highest BCUT2D eigenvalue weighted by Gasteiger charge is 2.18. The number of rotatable bonds is 12. The maximum absolute atomic E-state index is 12.5. The van der Waals surface area contributed by atoms with Crippen molar-refractivity contribution in [1.82, 2.24) is 0 Å². The van der Waals surface area contributed by atoms with Crippen molar-refractivity contribution in [3.63, 3.8) is 0 Å². The molecule has 6 heteroatoms. The number of unbranched alkanes of at least 4 members (excludes halogenated alkanes) is 4. The first-order valence-electron chi connectivity index (χ1n) is 11.5. The summed E-state index contributed by atoms with van der Waals surface area (Å²) in [6.07, 6.45) is 7.76. The summed E-state index contributed by atoms with van der Waals surface area (Å²) in [6, 6.07) is 13.3. The fraction of sp³-hybridized carbons (Fsp3) is 0.462. The second-order valence-electron chi connectivity index (χ2n) is 7.94. The minimum Gasteiger partial charge on any atom is -0.494 e. The van der Waals surface area contributed by atoms with E-state index in [9.17, 15) is 9.59 Å². The summed E-state index contributed by atoms with van der Waals surface area (Å²) >= 11 is 0. The molecule has 0 spiro atoms. The van der Waals surface area contributed by atoms with E-state index in [-0.39, 0.29) is 18.5 Å². The van der Waals surface area contributed by atoms with Crippen molar-refractivity contribution >= 4 is 11.9 Å². The van der Waals surface area contributed by atoms with Gasteiger partial charge in [-0.25, -0.2) is 9.59 Å². The third-order valence-corrected chi connectivity index (χ3v) is 5.31. The highest BCUT2D eigenvalue weighted by Crippen LogP contribution is 2.19. The Bertz CT molecular complexity index is 855. The first-order valence-corrected chi connectivity index (χ1v) is 11.5. The van der Waals surface area contributed by atoms with Gasteiger partial charge in [-0.1, -0.05) is 38.7 Å². The number of ether oxygens (including phenoxy) is 4. The van der Waals surface area contributed by atoms with Gasteiger partial charge in [0.15, 0.2) is 0 Å². The summed E-state index contributed by atoms with van der Waals surface area (Å²) in [5.41, 5.74) is 0.739. The molecular weight excluding hydrogens is 408 g/mol. The van der Waals surface area contributed by atoms with Gasteiger partial charge in [-0.05, 0) is 61.7 Å². The van der Waals surface area contributed by atoms with E-state index in [1.807, 2.05) is 0 Å². The number of esters is 2. The van der Waals surface area contributed by atoms with Gasteiger partial charge in [0, 0.05) is 6.61 Å². The van der Waals surface area contributed by atoms with Gasteiger partial charge >= 0.3 is 11.9 Å². The molecule has 1 atom stereocenters. The number of benzene rings is 2. The van der Waals surface area contributed by atoms with Gasteiger partial charge in [-0.2, -0.15) is 0 Å². The van der Waals surface area contributed by atoms with Crippen molar-refractivity contribution in [2.24, 2.45) is 0 Å². The van der Waals surface area contributed by atoms with Crippen molar-refractivity contribution < 1.29 is 28.5 Å². The lowest BCUT2D eigenvalue weighted by Crippen LogP contribution is -2.18. The fourth-order valence-electron chi connectivity index (χ4n) is 3.46. The largest absolute Gasteiger partial charge is 0.494 e. The molecule has 32 heavy (non-hydrogen) atoms. The van der Waals surface area contributed by atoms with E-state index in [2.05, 4.69) is 6.92 Å². The van der Waals surface area contributed by atoms with Crippen molar-refractivity contribution in [1.29, 1.82) is 0 Å². The third-order valence-electron chi connectivity index (χ3n) is 5.31. The second kappa shape index (κ2) is 12.9. The van der Waals surface area contributed by atoms with Crippen LogP contribution in [0.5, 0.6) is 11.5 Å². The summed E-state index contributed by atoms with van der Waals surface area (Å²) in [5, 5.41) is 0. The van der Waals surface area contributed by atoms with E-state index in [1.165, 1.54) is 31.7 Å². The van der Waals surface area contributed by atoms with E-state index in [0.29, 0.717) is 24.3 Å². The lowest BCUT2D eigenvalue weighted by Gasteiger charge is -2.11. The van der Waals surface area contributed by atoms with E-state index >= 15 is 0 Å². The molecule has 1 fully saturated rings. The summed E-state index contributed by atoms with van der Waals surface area (Å²) < 4.78 is 21.9. The van der Waals surface area contributed by atoms with Crippen LogP contribution in [0.4, 0.5) is 0 Å². The molecule has 1 saturated heterocycles. The van der Waals surface area contributed by atoms with Crippen molar-refractivity contribution in [3.05, 3.63) is 59.7 Å². The standard InChI is InChI=1S/C26H32O6/c1-2-3-4-5-6-16-29-22-14-12-20(13-15-22)26(28)32-23-10-7-9-21(18-23)25(27)31-19-24-11-8-17-30-24/h7,9-10,12-15,18,24H,2-6,8,11,16-17,19H2,1H3. The Labute approximate surface area is 189 Å². The summed E-state index contributed by atoms with van der Waals surface area (Å²) in [7, 11) is 0. The molecule has 2 aromatic rings. The van der Waals surface area contributed by atoms with E-state index in [4.69, 9.17) is 18.9 Å². The summed E-state index contributed by atoms with van der Waals surface area (Å²) in [6.45, 7) is 3.81. The van der Waals surface area contributed by atoms with Gasteiger partial charge in [-0.15, -0.1) is 0 Å². The Morgan fingerprint density at radius 2 is 1.75 bits per heavy atom. The van der Waals surface area contributed by atoms with Crippen molar-refractivity contribution in [3.8, 4) is 11.5 Å². The summed E-state index contributed by atoms with van der Waals surface area (Å²) in [4.78, 5) is 24.7. The van der Waals surface area contributed by atoms with Gasteiger partial charge in [0.1, 0.15) is 18.1 Å². The molecule has 1 aliphatic rings. The molecule has 1 aliphatic heterocycles. The van der Waals surface area contributed by atoms with Crippen LogP contribution in [-0.2, 0) is 9.47 Å². The smallest absolute Gasteiger partial charge is 0.343 e. The predicted molar refractivity (Wildman–Crippen MR) is 121 cm³/mol. The lowest BCUT2D eigenvalue weighted by atomic mass is 10.2. The van der Waals surface area contributed by atoms with Crippen molar-refractivity contribution in [2.75, 3.05) is 19.8 Å². The Kier molecular flexibility index (Phi) is 9.57. The van der Waals surface area contributed by atoms with Gasteiger partial charge in [0.2, 0.25) is 0 Å². The number of hydrogen-bond acceptors (Lipinski definition) is 6. The van der Waals surface area contributed by atoms with Crippen LogP contribution in [0, 0.1) is 0 Å². The van der Waals surface area contributed by atoms with Crippen LogP contribution in [0.2, 0.25) is 0 Å². The molecule has 1 heterocycles. The monoisotopic (exact) mass is 440 g/mol. The molecule has 2 aromatic carbocycles. The van der Waals surface area contributed by atoms with Crippen LogP contribution >= 0.6 is 0 Å². The van der Waals surface area contributed by atoms with Crippen LogP contribution in [0.15, 0.2) is 48.5 Å². The molecule has 3 rings (SSSR count). The molecule has 0 radical (unpaired) electrons. The third kappa shape index (κ3) is 7.68. The topological polar surface area (TPSA) is 71.1 Å². The molecule has 6 nitrogen and oxygen atoms in total. The minimum atomic E-state index is -0.499. The van der Waals surface area contributed by atoms with E-state index < -0.39 is 11.9 Å². The quantitative estimate of drug-likeness (QED) is 0.243. The van der Waals surface area contributed by atoms with Crippen LogP contribution in [0.25, 0.3) is 0 Å². The number of carbonyl (C=O) groups excluding carboxylic acids is 2. The Hall–Kier alpha value is -2.86. The van der Waals surface area contributed by atoms with Gasteiger partial charge in [0.25, 0.3) is 0 Å². The first kappa shape index (κ1) is 23.8. The Morgan fingerprint density at radius 1 is 0.938 bits per heavy atom. The molecule has 0 amide bonds. The first-order chi connectivity index (χ1) is 15.7. The minimum absolute atomic E-state index is 0.0343. The van der Waals surface area contributed by atoms with Crippen molar-refractivity contribution in [2.45, 2.75) is 58.0 Å². The predicted octanol–water partition coefficient (Wildman–Crippen LogP) is 5.59. The summed E-state index contributed by atoms with van der Waals surface area (Å²) in [5.74, 6) is 0.0533. The molecular formula is C26H32O6. The lowest BCUT2D eigenvalue weighted by molar-refractivity contribution is 0.0161. The second-order valence-corrected chi connectivity index (χ2v) is 7.94. The molecule has 0 bridgehead atoms. The average molecular weight is 441 g/mol. The van der Waals surface area contributed by atoms with E-state index in [1.54, 1.807) is 42.5 Å².